The Bertz CT molecular complexity index is 354. The molecule has 0 aliphatic carbocycles. The molecule has 0 N–H and O–H groups in total. The maximum atomic E-state index is 10.4. The predicted molar refractivity (Wildman–Crippen MR) is 63.5 cm³/mol. The molecule has 0 saturated heterocycles. The first-order valence-electron chi connectivity index (χ1n) is 5.21. The van der Waals surface area contributed by atoms with Gasteiger partial charge in [0.25, 0.3) is 0 Å². The summed E-state index contributed by atoms with van der Waals surface area (Å²) in [7, 11) is 0. The van der Waals surface area contributed by atoms with Crippen molar-refractivity contribution in [1.82, 2.24) is 14.8 Å². The van der Waals surface area contributed by atoms with Gasteiger partial charge in [-0.1, -0.05) is 18.8 Å². The maximum absolute atomic E-state index is 10.4. The molecule has 1 aromatic heterocycles. The van der Waals surface area contributed by atoms with E-state index in [-0.39, 0.29) is 11.4 Å². The van der Waals surface area contributed by atoms with Crippen molar-refractivity contribution in [1.29, 1.82) is 0 Å². The number of hydrogen-bond acceptors (Lipinski definition) is 5. The van der Waals surface area contributed by atoms with Crippen molar-refractivity contribution in [2.45, 2.75) is 33.2 Å². The summed E-state index contributed by atoms with van der Waals surface area (Å²) < 4.78 is 1.53. The van der Waals surface area contributed by atoms with E-state index in [0.717, 1.165) is 18.6 Å². The smallest absolute Gasteiger partial charge is 0.390 e. The highest BCUT2D eigenvalue weighted by Crippen LogP contribution is 2.29. The van der Waals surface area contributed by atoms with E-state index in [4.69, 9.17) is 0 Å². The van der Waals surface area contributed by atoms with E-state index < -0.39 is 4.92 Å². The molecule has 6 nitrogen and oxygen atoms in total. The summed E-state index contributed by atoms with van der Waals surface area (Å²) in [5.74, 6) is 0.383. The van der Waals surface area contributed by atoms with E-state index in [2.05, 4.69) is 36.6 Å². The Kier molecular flexibility index (Phi) is 4.28. The molecule has 16 heavy (non-hydrogen) atoms. The fraction of sp³-hybridized carbons (Fsp3) is 0.778. The zero-order chi connectivity index (χ0) is 12.2. The van der Waals surface area contributed by atoms with Gasteiger partial charge in [0.15, 0.2) is 0 Å². The van der Waals surface area contributed by atoms with Gasteiger partial charge in [0, 0.05) is 5.10 Å². The van der Waals surface area contributed by atoms with E-state index in [1.54, 1.807) is 0 Å². The number of thiol groups is 1. The lowest BCUT2D eigenvalue weighted by atomic mass is 9.84. The molecule has 0 aliphatic rings. The summed E-state index contributed by atoms with van der Waals surface area (Å²) >= 11 is 4.34. The third-order valence-electron chi connectivity index (χ3n) is 3.02. The molecule has 0 aromatic carbocycles. The summed E-state index contributed by atoms with van der Waals surface area (Å²) in [6.07, 6.45) is 3.32. The van der Waals surface area contributed by atoms with Crippen molar-refractivity contribution in [2.24, 2.45) is 5.41 Å². The van der Waals surface area contributed by atoms with Crippen LogP contribution in [0.15, 0.2) is 6.33 Å². The average molecular weight is 244 g/mol. The predicted octanol–water partition coefficient (Wildman–Crippen LogP) is 1.92. The van der Waals surface area contributed by atoms with Crippen molar-refractivity contribution in [3.8, 4) is 0 Å². The molecule has 0 bridgehead atoms. The lowest BCUT2D eigenvalue weighted by Crippen LogP contribution is -2.27. The van der Waals surface area contributed by atoms with Gasteiger partial charge in [0.2, 0.25) is 6.33 Å². The maximum Gasteiger partial charge on any atom is 0.490 e. The van der Waals surface area contributed by atoms with Gasteiger partial charge >= 0.3 is 5.95 Å². The second kappa shape index (κ2) is 5.29. The van der Waals surface area contributed by atoms with Crippen LogP contribution in [0.5, 0.6) is 0 Å². The van der Waals surface area contributed by atoms with E-state index in [9.17, 15) is 10.1 Å². The molecule has 1 aromatic rings. The Morgan fingerprint density at radius 1 is 1.56 bits per heavy atom. The van der Waals surface area contributed by atoms with Gasteiger partial charge in [0.1, 0.15) is 0 Å². The summed E-state index contributed by atoms with van der Waals surface area (Å²) in [5.41, 5.74) is 0.0324. The van der Waals surface area contributed by atoms with E-state index >= 15 is 0 Å². The second-order valence-corrected chi connectivity index (χ2v) is 4.18. The highest BCUT2D eigenvalue weighted by molar-refractivity contribution is 7.80. The largest absolute Gasteiger partial charge is 0.490 e. The molecule has 1 rings (SSSR count). The highest BCUT2D eigenvalue weighted by Gasteiger charge is 2.27. The molecule has 0 aliphatic heterocycles. The Morgan fingerprint density at radius 2 is 2.19 bits per heavy atom. The normalized spacial score (nSPS) is 11.7. The van der Waals surface area contributed by atoms with E-state index in [1.165, 1.54) is 11.0 Å². The lowest BCUT2D eigenvalue weighted by molar-refractivity contribution is -0.394. The van der Waals surface area contributed by atoms with Gasteiger partial charge in [-0.05, 0) is 28.9 Å². The molecule has 90 valence electrons. The van der Waals surface area contributed by atoms with Crippen molar-refractivity contribution in [3.05, 3.63) is 16.4 Å². The number of hydrogen-bond donors (Lipinski definition) is 1. The molecule has 0 unspecified atom stereocenters. The Labute approximate surface area is 99.6 Å². The van der Waals surface area contributed by atoms with Gasteiger partial charge in [-0.2, -0.15) is 17.3 Å². The van der Waals surface area contributed by atoms with Crippen molar-refractivity contribution in [3.63, 3.8) is 0 Å². The molecule has 0 amide bonds. The minimum atomic E-state index is -0.587. The van der Waals surface area contributed by atoms with Gasteiger partial charge in [-0.3, -0.25) is 0 Å². The van der Waals surface area contributed by atoms with Crippen LogP contribution in [0.4, 0.5) is 5.95 Å². The van der Waals surface area contributed by atoms with Crippen molar-refractivity contribution >= 4 is 18.6 Å². The number of rotatable bonds is 6. The molecule has 0 spiro atoms. The molecule has 0 radical (unpaired) electrons. The third-order valence-corrected chi connectivity index (χ3v) is 3.69. The van der Waals surface area contributed by atoms with E-state index in [1.807, 2.05) is 0 Å². The summed E-state index contributed by atoms with van der Waals surface area (Å²) in [5, 5.41) is 14.3. The van der Waals surface area contributed by atoms with Crippen LogP contribution >= 0.6 is 12.6 Å². The highest BCUT2D eigenvalue weighted by atomic mass is 32.1. The Hall–Kier alpha value is -1.11. The molecule has 0 fully saturated rings. The van der Waals surface area contributed by atoms with Gasteiger partial charge in [0.05, 0.1) is 6.54 Å². The van der Waals surface area contributed by atoms with Gasteiger partial charge in [-0.15, -0.1) is 0 Å². The summed E-state index contributed by atoms with van der Waals surface area (Å²) in [6.45, 7) is 4.79. The lowest BCUT2D eigenvalue weighted by Gasteiger charge is -2.28. The monoisotopic (exact) mass is 244 g/mol. The van der Waals surface area contributed by atoms with Crippen molar-refractivity contribution < 1.29 is 4.92 Å². The van der Waals surface area contributed by atoms with Crippen LogP contribution in [0.3, 0.4) is 0 Å². The van der Waals surface area contributed by atoms with Gasteiger partial charge in [-0.25, -0.2) is 0 Å². The molecular formula is C9H16N4O2S. The Balaban J connectivity index is 2.81. The summed E-state index contributed by atoms with van der Waals surface area (Å²) in [4.78, 5) is 13.5. The van der Waals surface area contributed by atoms with Crippen LogP contribution in [0.2, 0.25) is 0 Å². The zero-order valence-corrected chi connectivity index (χ0v) is 10.4. The number of aromatic nitrogens is 3. The Morgan fingerprint density at radius 3 is 2.56 bits per heavy atom. The average Bonchev–Trinajstić information content (AvgIpc) is 2.74. The molecule has 1 heterocycles. The number of nitro groups is 1. The molecule has 0 saturated carbocycles. The zero-order valence-electron chi connectivity index (χ0n) is 9.46. The van der Waals surface area contributed by atoms with Crippen LogP contribution in [-0.2, 0) is 6.54 Å². The topological polar surface area (TPSA) is 73.8 Å². The van der Waals surface area contributed by atoms with E-state index in [0.29, 0.717) is 6.54 Å². The minimum Gasteiger partial charge on any atom is -0.390 e. The summed E-state index contributed by atoms with van der Waals surface area (Å²) in [6, 6.07) is 0. The second-order valence-electron chi connectivity index (χ2n) is 3.86. The first-order chi connectivity index (χ1) is 7.56. The minimum absolute atomic E-state index is 0.0324. The SMILES string of the molecule is CCC(CC)(CS)Cn1cnc([N+](=O)[O-])n1. The van der Waals surface area contributed by atoms with Gasteiger partial charge < -0.3 is 10.1 Å². The fourth-order valence-electron chi connectivity index (χ4n) is 1.54. The molecular weight excluding hydrogens is 228 g/mol. The standard InChI is InChI=1S/C9H16N4O2S/c1-3-9(4-2,6-16)5-12-7-10-8(11-12)13(14)15/h7,16H,3-6H2,1-2H3. The fourth-order valence-corrected chi connectivity index (χ4v) is 2.08. The molecule has 7 heteroatoms. The quantitative estimate of drug-likeness (QED) is 0.471. The van der Waals surface area contributed by atoms with Crippen LogP contribution in [0.1, 0.15) is 26.7 Å². The first kappa shape index (κ1) is 13.0. The van der Waals surface area contributed by atoms with Crippen LogP contribution in [-0.4, -0.2) is 25.4 Å². The van der Waals surface area contributed by atoms with Crippen LogP contribution in [0.25, 0.3) is 0 Å². The van der Waals surface area contributed by atoms with Crippen LogP contribution in [0, 0.1) is 15.5 Å². The number of nitrogens with zero attached hydrogens (tertiary/aromatic N) is 4. The van der Waals surface area contributed by atoms with Crippen LogP contribution < -0.4 is 0 Å². The van der Waals surface area contributed by atoms with Crippen molar-refractivity contribution in [2.75, 3.05) is 5.75 Å². The molecule has 0 atom stereocenters. The first-order valence-corrected chi connectivity index (χ1v) is 5.85. The third kappa shape index (κ3) is 2.72.